The number of nitrogens with one attached hydrogen (secondary N) is 2. The molecule has 2 aromatic heterocycles. The predicted octanol–water partition coefficient (Wildman–Crippen LogP) is 4.18. The lowest BCUT2D eigenvalue weighted by atomic mass is 10.2. The van der Waals surface area contributed by atoms with Crippen molar-refractivity contribution in [2.45, 2.75) is 12.9 Å². The first-order valence-electron chi connectivity index (χ1n) is 10.2. The van der Waals surface area contributed by atoms with Gasteiger partial charge >= 0.3 is 6.18 Å². The lowest BCUT2D eigenvalue weighted by molar-refractivity contribution is -0.137. The van der Waals surface area contributed by atoms with Crippen LogP contribution in [0.5, 0.6) is 5.75 Å². The fraction of sp³-hybridized carbons (Fsp3) is 0.130. The molecule has 0 unspecified atom stereocenters. The van der Waals surface area contributed by atoms with Crippen molar-refractivity contribution in [3.05, 3.63) is 90.0 Å². The van der Waals surface area contributed by atoms with E-state index in [1.54, 1.807) is 43.6 Å². The van der Waals surface area contributed by atoms with Crippen LogP contribution in [0.1, 0.15) is 26.5 Å². The largest absolute Gasteiger partial charge is 0.471 e. The van der Waals surface area contributed by atoms with E-state index in [2.05, 4.69) is 20.8 Å². The number of benzene rings is 2. The Morgan fingerprint density at radius 3 is 2.14 bits per heavy atom. The predicted molar refractivity (Wildman–Crippen MR) is 120 cm³/mol. The zero-order valence-corrected chi connectivity index (χ0v) is 18.3. The number of carbonyl (C=O) groups is 2. The Morgan fingerprint density at radius 1 is 0.886 bits per heavy atom. The summed E-state index contributed by atoms with van der Waals surface area (Å²) in [5.41, 5.74) is 0.372. The summed E-state index contributed by atoms with van der Waals surface area (Å²) in [4.78, 5) is 24.8. The Hall–Kier alpha value is -4.61. The molecule has 0 aliphatic heterocycles. The molecule has 35 heavy (non-hydrogen) atoms. The van der Waals surface area contributed by atoms with Gasteiger partial charge in [0.05, 0.1) is 5.56 Å². The first-order chi connectivity index (χ1) is 16.7. The van der Waals surface area contributed by atoms with Crippen molar-refractivity contribution < 1.29 is 27.5 Å². The summed E-state index contributed by atoms with van der Waals surface area (Å²) in [5, 5.41) is 13.5. The van der Waals surface area contributed by atoms with Gasteiger partial charge in [-0.25, -0.2) is 4.68 Å². The summed E-state index contributed by atoms with van der Waals surface area (Å²) in [7, 11) is 1.70. The highest BCUT2D eigenvalue weighted by Crippen LogP contribution is 2.31. The van der Waals surface area contributed by atoms with Gasteiger partial charge in [0.1, 0.15) is 5.75 Å². The van der Waals surface area contributed by atoms with Crippen molar-refractivity contribution in [2.75, 3.05) is 10.6 Å². The molecule has 0 atom stereocenters. The molecular formula is C23H19F3N6O3. The van der Waals surface area contributed by atoms with Crippen LogP contribution >= 0.6 is 0 Å². The summed E-state index contributed by atoms with van der Waals surface area (Å²) >= 11 is 0. The third kappa shape index (κ3) is 6.05. The molecule has 0 spiro atoms. The van der Waals surface area contributed by atoms with Crippen LogP contribution in [0, 0.1) is 0 Å². The molecule has 4 aromatic rings. The monoisotopic (exact) mass is 484 g/mol. The number of anilines is 2. The van der Waals surface area contributed by atoms with E-state index in [0.717, 1.165) is 12.1 Å². The molecule has 0 saturated heterocycles. The molecule has 0 aliphatic carbocycles. The first-order valence-corrected chi connectivity index (χ1v) is 10.2. The Balaban J connectivity index is 1.35. The van der Waals surface area contributed by atoms with Crippen LogP contribution in [0.3, 0.4) is 0 Å². The minimum Gasteiger partial charge on any atom is -0.471 e. The zero-order valence-electron chi connectivity index (χ0n) is 18.3. The highest BCUT2D eigenvalue weighted by molar-refractivity contribution is 6.05. The number of amides is 2. The molecule has 2 amide bonds. The van der Waals surface area contributed by atoms with Gasteiger partial charge < -0.3 is 15.4 Å². The fourth-order valence-electron chi connectivity index (χ4n) is 3.06. The molecule has 0 fully saturated rings. The van der Waals surface area contributed by atoms with E-state index in [1.165, 1.54) is 33.8 Å². The maximum atomic E-state index is 12.8. The Kier molecular flexibility index (Phi) is 6.53. The number of carbonyl (C=O) groups excluding carboxylic acids is 2. The lowest BCUT2D eigenvalue weighted by Gasteiger charge is -2.10. The molecule has 0 bridgehead atoms. The van der Waals surface area contributed by atoms with Gasteiger partial charge in [0, 0.05) is 30.8 Å². The van der Waals surface area contributed by atoms with Gasteiger partial charge in [-0.1, -0.05) is 12.1 Å². The van der Waals surface area contributed by atoms with Gasteiger partial charge in [-0.3, -0.25) is 14.3 Å². The molecule has 0 aliphatic rings. The third-order valence-corrected chi connectivity index (χ3v) is 4.72. The highest BCUT2D eigenvalue weighted by atomic mass is 19.4. The number of hydrogen-bond acceptors (Lipinski definition) is 5. The highest BCUT2D eigenvalue weighted by Gasteiger charge is 2.30. The van der Waals surface area contributed by atoms with Crippen molar-refractivity contribution >= 4 is 23.2 Å². The number of aromatic nitrogens is 4. The average molecular weight is 484 g/mol. The average Bonchev–Trinajstić information content (AvgIpc) is 3.47. The van der Waals surface area contributed by atoms with Gasteiger partial charge in [0.15, 0.2) is 18.1 Å². The van der Waals surface area contributed by atoms with Crippen LogP contribution in [0.15, 0.2) is 73.1 Å². The molecule has 2 aromatic carbocycles. The van der Waals surface area contributed by atoms with E-state index in [-0.39, 0.29) is 23.9 Å². The minimum atomic E-state index is -4.48. The van der Waals surface area contributed by atoms with Crippen molar-refractivity contribution in [1.29, 1.82) is 0 Å². The molecular weight excluding hydrogens is 465 g/mol. The van der Waals surface area contributed by atoms with E-state index in [1.807, 2.05) is 0 Å². The molecule has 12 heteroatoms. The minimum absolute atomic E-state index is 0.0193. The number of rotatable bonds is 7. The second-order valence-electron chi connectivity index (χ2n) is 7.40. The van der Waals surface area contributed by atoms with Gasteiger partial charge in [-0.05, 0) is 48.5 Å². The summed E-state index contributed by atoms with van der Waals surface area (Å²) < 4.78 is 46.6. The Morgan fingerprint density at radius 2 is 1.51 bits per heavy atom. The van der Waals surface area contributed by atoms with Crippen LogP contribution < -0.4 is 15.4 Å². The smallest absolute Gasteiger partial charge is 0.416 e. The van der Waals surface area contributed by atoms with E-state index >= 15 is 0 Å². The molecule has 0 saturated carbocycles. The SMILES string of the molecule is Cn1ccc(C(=O)Nc2cccc(NC(=O)c3ccn(COc4cccc(C(F)(F)F)c4)n3)c2)n1. The molecule has 4 rings (SSSR count). The molecule has 180 valence electrons. The number of ether oxygens (including phenoxy) is 1. The molecule has 9 nitrogen and oxygen atoms in total. The van der Waals surface area contributed by atoms with Crippen LogP contribution in [-0.2, 0) is 20.0 Å². The van der Waals surface area contributed by atoms with Crippen LogP contribution in [-0.4, -0.2) is 31.4 Å². The number of alkyl halides is 3. The van der Waals surface area contributed by atoms with Gasteiger partial charge in [0.25, 0.3) is 11.8 Å². The zero-order chi connectivity index (χ0) is 25.0. The topological polar surface area (TPSA) is 103 Å². The van der Waals surface area contributed by atoms with Crippen LogP contribution in [0.2, 0.25) is 0 Å². The lowest BCUT2D eigenvalue weighted by Crippen LogP contribution is -2.15. The van der Waals surface area contributed by atoms with E-state index in [0.29, 0.717) is 11.4 Å². The van der Waals surface area contributed by atoms with Crippen molar-refractivity contribution in [1.82, 2.24) is 19.6 Å². The second kappa shape index (κ2) is 9.71. The maximum Gasteiger partial charge on any atom is 0.416 e. The van der Waals surface area contributed by atoms with Crippen LogP contribution in [0.4, 0.5) is 24.5 Å². The molecule has 2 heterocycles. The Bertz CT molecular complexity index is 1360. The van der Waals surface area contributed by atoms with Crippen molar-refractivity contribution in [3.63, 3.8) is 0 Å². The quantitative estimate of drug-likeness (QED) is 0.410. The Labute approximate surface area is 197 Å². The van der Waals surface area contributed by atoms with E-state index in [9.17, 15) is 22.8 Å². The third-order valence-electron chi connectivity index (χ3n) is 4.72. The summed E-state index contributed by atoms with van der Waals surface area (Å²) in [6, 6.07) is 14.0. The van der Waals surface area contributed by atoms with Gasteiger partial charge in [-0.15, -0.1) is 0 Å². The van der Waals surface area contributed by atoms with E-state index in [4.69, 9.17) is 4.74 Å². The summed E-state index contributed by atoms with van der Waals surface area (Å²) in [5.74, 6) is -0.893. The fourth-order valence-corrected chi connectivity index (χ4v) is 3.06. The standard InChI is InChI=1S/C23H19F3N6O3/c1-31-10-8-19(29-31)21(33)27-16-5-3-6-17(13-16)28-22(34)20-9-11-32(30-20)14-35-18-7-2-4-15(12-18)23(24,25)26/h2-13H,14H2,1H3,(H,27,33)(H,28,34). The van der Waals surface area contributed by atoms with Crippen LogP contribution in [0.25, 0.3) is 0 Å². The second-order valence-corrected chi connectivity index (χ2v) is 7.40. The molecule has 2 N–H and O–H groups in total. The number of hydrogen-bond donors (Lipinski definition) is 2. The summed E-state index contributed by atoms with van der Waals surface area (Å²) in [6.45, 7) is -0.191. The number of aryl methyl sites for hydroxylation is 1. The molecule has 0 radical (unpaired) electrons. The number of halogens is 3. The maximum absolute atomic E-state index is 12.8. The van der Waals surface area contributed by atoms with E-state index < -0.39 is 23.6 Å². The number of nitrogens with zero attached hydrogens (tertiary/aromatic N) is 4. The van der Waals surface area contributed by atoms with Crippen molar-refractivity contribution in [2.24, 2.45) is 7.05 Å². The normalized spacial score (nSPS) is 11.2. The van der Waals surface area contributed by atoms with Gasteiger partial charge in [0.2, 0.25) is 0 Å². The summed E-state index contributed by atoms with van der Waals surface area (Å²) in [6.07, 6.45) is -1.36. The van der Waals surface area contributed by atoms with Crippen molar-refractivity contribution in [3.8, 4) is 5.75 Å². The van der Waals surface area contributed by atoms with Gasteiger partial charge in [-0.2, -0.15) is 23.4 Å². The first kappa shape index (κ1) is 23.5.